The van der Waals surface area contributed by atoms with E-state index < -0.39 is 86.5 Å². The molecule has 4 aromatic carbocycles. The van der Waals surface area contributed by atoms with Crippen molar-refractivity contribution in [3.63, 3.8) is 0 Å². The van der Waals surface area contributed by atoms with Gasteiger partial charge in [-0.15, -0.1) is 0 Å². The Morgan fingerprint density at radius 1 is 0.696 bits per heavy atom. The summed E-state index contributed by atoms with van der Waals surface area (Å²) in [6.07, 6.45) is -11.8. The lowest BCUT2D eigenvalue weighted by atomic mass is 9.95. The van der Waals surface area contributed by atoms with Gasteiger partial charge >= 0.3 is 11.9 Å². The minimum Gasteiger partial charge on any atom is -0.459 e. The molecule has 15 heteroatoms. The van der Waals surface area contributed by atoms with Crippen molar-refractivity contribution < 1.29 is 57.7 Å². The summed E-state index contributed by atoms with van der Waals surface area (Å²) >= 11 is 0. The first kappa shape index (κ1) is 40.5. The number of carbonyl (C=O) groups excluding carboxylic acids is 2. The number of ether oxygens (including phenoxy) is 8. The van der Waals surface area contributed by atoms with Crippen LogP contribution < -0.4 is 0 Å². The normalized spacial score (nSPS) is 27.4. The van der Waals surface area contributed by atoms with Crippen molar-refractivity contribution >= 4 is 11.9 Å². The number of azide groups is 1. The van der Waals surface area contributed by atoms with Crippen molar-refractivity contribution in [2.45, 2.75) is 74.6 Å². The molecule has 0 bridgehead atoms. The van der Waals surface area contributed by atoms with E-state index in [0.717, 1.165) is 11.1 Å². The second-order valence-electron chi connectivity index (χ2n) is 13.0. The molecule has 15 nitrogen and oxygen atoms in total. The molecule has 6 rings (SSSR count). The predicted octanol–water partition coefficient (Wildman–Crippen LogP) is 4.75. The van der Waals surface area contributed by atoms with E-state index in [2.05, 4.69) is 10.0 Å². The first-order valence-electron chi connectivity index (χ1n) is 18.0. The zero-order valence-corrected chi connectivity index (χ0v) is 30.5. The van der Waals surface area contributed by atoms with Crippen molar-refractivity contribution in [1.29, 1.82) is 0 Å². The first-order chi connectivity index (χ1) is 27.4. The van der Waals surface area contributed by atoms with E-state index in [1.807, 2.05) is 60.7 Å². The largest absolute Gasteiger partial charge is 0.459 e. The van der Waals surface area contributed by atoms with E-state index in [9.17, 15) is 25.3 Å². The Labute approximate surface area is 323 Å². The predicted molar refractivity (Wildman–Crippen MR) is 198 cm³/mol. The second kappa shape index (κ2) is 20.1. The number of aliphatic hydroxyl groups excluding tert-OH is 2. The molecular weight excluding hydrogens is 726 g/mol. The maximum atomic E-state index is 13.6. The molecule has 0 aliphatic carbocycles. The van der Waals surface area contributed by atoms with Crippen molar-refractivity contribution in [3.8, 4) is 0 Å². The molecule has 2 N–H and O–H groups in total. The van der Waals surface area contributed by atoms with E-state index in [4.69, 9.17) is 37.9 Å². The lowest BCUT2D eigenvalue weighted by molar-refractivity contribution is -0.351. The van der Waals surface area contributed by atoms with Crippen LogP contribution in [0.25, 0.3) is 10.4 Å². The highest BCUT2D eigenvalue weighted by Crippen LogP contribution is 2.35. The number of hydrogen-bond acceptors (Lipinski definition) is 13. The topological polar surface area (TPSA) is 197 Å². The van der Waals surface area contributed by atoms with E-state index in [1.165, 1.54) is 7.11 Å². The fourth-order valence-corrected chi connectivity index (χ4v) is 6.50. The number of carbonyl (C=O) groups is 2. The van der Waals surface area contributed by atoms with Gasteiger partial charge in [0.15, 0.2) is 18.7 Å². The molecule has 0 saturated carbocycles. The molecule has 2 aliphatic rings. The molecule has 2 heterocycles. The van der Waals surface area contributed by atoms with Crippen molar-refractivity contribution in [1.82, 2.24) is 0 Å². The van der Waals surface area contributed by atoms with Gasteiger partial charge in [-0.3, -0.25) is 0 Å². The fourth-order valence-electron chi connectivity index (χ4n) is 6.50. The molecule has 0 unspecified atom stereocenters. The molecule has 0 amide bonds. The van der Waals surface area contributed by atoms with Crippen LogP contribution in [0.15, 0.2) is 126 Å². The maximum Gasteiger partial charge on any atom is 0.338 e. The Kier molecular flexibility index (Phi) is 14.5. The third kappa shape index (κ3) is 10.2. The summed E-state index contributed by atoms with van der Waals surface area (Å²) in [5.74, 6) is -1.42. The Bertz CT molecular complexity index is 1870. The Hall–Kier alpha value is -5.19. The number of rotatable bonds is 16. The molecule has 0 radical (unpaired) electrons. The second-order valence-corrected chi connectivity index (χ2v) is 13.0. The molecule has 4 aromatic rings. The molecular formula is C41H43N3O12. The highest BCUT2D eigenvalue weighted by molar-refractivity contribution is 5.89. The van der Waals surface area contributed by atoms with Gasteiger partial charge < -0.3 is 48.1 Å². The number of aliphatic hydroxyl groups is 2. The molecule has 0 spiro atoms. The number of benzene rings is 4. The van der Waals surface area contributed by atoms with Crippen LogP contribution in [0, 0.1) is 0 Å². The smallest absolute Gasteiger partial charge is 0.338 e. The summed E-state index contributed by atoms with van der Waals surface area (Å²) in [5.41, 5.74) is 11.7. The zero-order chi connectivity index (χ0) is 39.3. The Morgan fingerprint density at radius 2 is 1.21 bits per heavy atom. The van der Waals surface area contributed by atoms with Gasteiger partial charge in [-0.25, -0.2) is 9.59 Å². The molecule has 0 aromatic heterocycles. The van der Waals surface area contributed by atoms with Crippen molar-refractivity contribution in [2.24, 2.45) is 5.11 Å². The van der Waals surface area contributed by atoms with Gasteiger partial charge in [0.1, 0.15) is 49.3 Å². The maximum absolute atomic E-state index is 13.6. The zero-order valence-electron chi connectivity index (χ0n) is 30.5. The average Bonchev–Trinajstić information content (AvgIpc) is 3.24. The van der Waals surface area contributed by atoms with Gasteiger partial charge in [0, 0.05) is 12.0 Å². The molecule has 2 saturated heterocycles. The summed E-state index contributed by atoms with van der Waals surface area (Å²) in [6, 6.07) is 33.7. The summed E-state index contributed by atoms with van der Waals surface area (Å²) in [7, 11) is 1.36. The third-order valence-corrected chi connectivity index (χ3v) is 9.33. The van der Waals surface area contributed by atoms with Crippen molar-refractivity contribution in [3.05, 3.63) is 154 Å². The van der Waals surface area contributed by atoms with Crippen LogP contribution in [0.4, 0.5) is 0 Å². The number of esters is 2. The van der Waals surface area contributed by atoms with E-state index in [-0.39, 0.29) is 24.3 Å². The van der Waals surface area contributed by atoms with Gasteiger partial charge in [-0.2, -0.15) is 0 Å². The summed E-state index contributed by atoms with van der Waals surface area (Å²) in [4.78, 5) is 29.8. The standard InChI is InChI=1S/C41H43N3O12/c1-49-40-32(43-44-42)35(50-23-26-14-6-2-7-15-26)34(31(54-40)25-52-38(47)28-18-10-4-11-19-28)56-41-37(55-39(48)29-20-12-5-13-21-29)36(33(46)30(22-45)53-41)51-24-27-16-8-3-9-17-27/h2-21,30-37,40-41,45-46H,22-25H2,1H3/t30-,31+,32+,33+,34+,35+,36-,37+,40-,41-/m0/s1. The number of nitrogens with zero attached hydrogens (tertiary/aromatic N) is 3. The quantitative estimate of drug-likeness (QED) is 0.0688. The molecule has 2 fully saturated rings. The number of hydrogen-bond donors (Lipinski definition) is 2. The van der Waals surface area contributed by atoms with E-state index in [1.54, 1.807) is 60.7 Å². The van der Waals surface area contributed by atoms with Crippen molar-refractivity contribution in [2.75, 3.05) is 20.3 Å². The van der Waals surface area contributed by atoms with E-state index in [0.29, 0.717) is 0 Å². The van der Waals surface area contributed by atoms with Crippen LogP contribution >= 0.6 is 0 Å². The highest BCUT2D eigenvalue weighted by Gasteiger charge is 2.54. The molecule has 294 valence electrons. The minimum atomic E-state index is -1.56. The summed E-state index contributed by atoms with van der Waals surface area (Å²) in [5, 5.41) is 25.9. The minimum absolute atomic E-state index is 0.00524. The fraction of sp³-hybridized carbons (Fsp3) is 0.366. The van der Waals surface area contributed by atoms with Crippen LogP contribution in [0.2, 0.25) is 0 Å². The third-order valence-electron chi connectivity index (χ3n) is 9.33. The van der Waals surface area contributed by atoms with Gasteiger partial charge in [0.25, 0.3) is 0 Å². The van der Waals surface area contributed by atoms with Gasteiger partial charge in [0.05, 0.1) is 30.9 Å². The average molecular weight is 770 g/mol. The molecule has 10 atom stereocenters. The van der Waals surface area contributed by atoms with Gasteiger partial charge in [-0.1, -0.05) is 102 Å². The summed E-state index contributed by atoms with van der Waals surface area (Å²) < 4.78 is 49.2. The Morgan fingerprint density at radius 3 is 1.75 bits per heavy atom. The number of methoxy groups -OCH3 is 1. The van der Waals surface area contributed by atoms with Crippen LogP contribution in [0.3, 0.4) is 0 Å². The van der Waals surface area contributed by atoms with Crippen LogP contribution in [0.5, 0.6) is 0 Å². The SMILES string of the molecule is CO[C@H]1O[C@H](COC(=O)c2ccccc2)[C@@H](O[C@@H]2O[C@@H](CO)[C@@H](O)[C@H](OCc3ccccc3)[C@H]2OC(=O)c2ccccc2)[C@H](OCc2ccccc2)[C@H]1N=[N+]=[N-]. The van der Waals surface area contributed by atoms with E-state index >= 15 is 0 Å². The molecule has 2 aliphatic heterocycles. The molecule has 56 heavy (non-hydrogen) atoms. The monoisotopic (exact) mass is 769 g/mol. The lowest BCUT2D eigenvalue weighted by Crippen LogP contribution is -2.65. The van der Waals surface area contributed by atoms with Crippen LogP contribution in [0.1, 0.15) is 31.8 Å². The van der Waals surface area contributed by atoms with Crippen LogP contribution in [-0.4, -0.2) is 104 Å². The first-order valence-corrected chi connectivity index (χ1v) is 18.0. The van der Waals surface area contributed by atoms with Gasteiger partial charge in [0.2, 0.25) is 0 Å². The summed E-state index contributed by atoms with van der Waals surface area (Å²) in [6.45, 7) is -1.04. The van der Waals surface area contributed by atoms with Crippen LogP contribution in [-0.2, 0) is 51.1 Å². The highest BCUT2D eigenvalue weighted by atomic mass is 16.8. The Balaban J connectivity index is 1.38. The van der Waals surface area contributed by atoms with Gasteiger partial charge in [-0.05, 0) is 40.9 Å². The lowest BCUT2D eigenvalue weighted by Gasteiger charge is -2.48.